The van der Waals surface area contributed by atoms with Crippen LogP contribution in [-0.4, -0.2) is 36.8 Å². The van der Waals surface area contributed by atoms with Crippen molar-refractivity contribution in [2.75, 3.05) is 25.6 Å². The van der Waals surface area contributed by atoms with Crippen LogP contribution in [0.15, 0.2) is 87.8 Å². The van der Waals surface area contributed by atoms with Crippen LogP contribution in [0.3, 0.4) is 0 Å². The van der Waals surface area contributed by atoms with Gasteiger partial charge < -0.3 is 29.4 Å². The Balaban J connectivity index is 1.64. The monoisotopic (exact) mass is 612 g/mol. The second-order valence-electron chi connectivity index (χ2n) is 9.93. The fourth-order valence-electron chi connectivity index (χ4n) is 4.94. The number of rotatable bonds is 10. The Morgan fingerprint density at radius 3 is 2.50 bits per heavy atom. The first-order valence-corrected chi connectivity index (χ1v) is 14.6. The van der Waals surface area contributed by atoms with Crippen molar-refractivity contribution in [3.8, 4) is 17.2 Å². The zero-order valence-electron chi connectivity index (χ0n) is 24.6. The molecule has 1 unspecified atom stereocenters. The van der Waals surface area contributed by atoms with Gasteiger partial charge in [-0.2, -0.15) is 0 Å². The summed E-state index contributed by atoms with van der Waals surface area (Å²) in [5.74, 6) is -0.523. The summed E-state index contributed by atoms with van der Waals surface area (Å²) in [6, 6.07) is 18.9. The van der Waals surface area contributed by atoms with E-state index in [1.807, 2.05) is 43.3 Å². The molecular formula is C33H30N3O7S-. The Bertz CT molecular complexity index is 1940. The topological polar surface area (TPSA) is 131 Å². The minimum atomic E-state index is -1.36. The summed E-state index contributed by atoms with van der Waals surface area (Å²) >= 11 is 1.20. The van der Waals surface area contributed by atoms with Crippen molar-refractivity contribution in [1.82, 2.24) is 4.57 Å². The molecule has 2 heterocycles. The number of anilines is 1. The van der Waals surface area contributed by atoms with Gasteiger partial charge in [0.05, 0.1) is 41.5 Å². The van der Waals surface area contributed by atoms with Crippen LogP contribution < -0.4 is 39.5 Å². The SMILES string of the molecule is CCOc1cc(/C=c2\sc3n(c2=O)C(c2ccc(C)c(OC)c2)C(C(=O)Nc2ccccc2)=C(C)N=3)ccc1OCC(=O)[O-]. The molecule has 0 spiro atoms. The van der Waals surface area contributed by atoms with Gasteiger partial charge in [-0.15, -0.1) is 0 Å². The van der Waals surface area contributed by atoms with E-state index in [1.54, 1.807) is 57.4 Å². The van der Waals surface area contributed by atoms with E-state index in [0.717, 1.165) is 5.56 Å². The number of hydrogen-bond donors (Lipinski definition) is 1. The van der Waals surface area contributed by atoms with Gasteiger partial charge in [0.1, 0.15) is 12.4 Å². The third-order valence-corrected chi connectivity index (χ3v) is 7.94. The largest absolute Gasteiger partial charge is 0.546 e. The highest BCUT2D eigenvalue weighted by Gasteiger charge is 2.33. The van der Waals surface area contributed by atoms with E-state index in [4.69, 9.17) is 19.2 Å². The number of benzene rings is 3. The molecule has 1 aliphatic rings. The first kappa shape index (κ1) is 30.3. The summed E-state index contributed by atoms with van der Waals surface area (Å²) < 4.78 is 18.4. The van der Waals surface area contributed by atoms with E-state index in [0.29, 0.717) is 55.5 Å². The lowest BCUT2D eigenvalue weighted by Crippen LogP contribution is -2.40. The highest BCUT2D eigenvalue weighted by molar-refractivity contribution is 7.07. The van der Waals surface area contributed by atoms with Gasteiger partial charge in [-0.1, -0.05) is 47.7 Å². The van der Waals surface area contributed by atoms with Gasteiger partial charge in [-0.25, -0.2) is 4.99 Å². The number of thiazole rings is 1. The number of amides is 1. The minimum Gasteiger partial charge on any atom is -0.546 e. The van der Waals surface area contributed by atoms with Gasteiger partial charge in [0.25, 0.3) is 11.5 Å². The van der Waals surface area contributed by atoms with Crippen molar-refractivity contribution >= 4 is 35.0 Å². The number of carbonyl (C=O) groups excluding carboxylic acids is 2. The summed E-state index contributed by atoms with van der Waals surface area (Å²) in [6.07, 6.45) is 1.70. The lowest BCUT2D eigenvalue weighted by Gasteiger charge is -2.26. The van der Waals surface area contributed by atoms with Crippen LogP contribution in [0.4, 0.5) is 5.69 Å². The number of nitrogens with zero attached hydrogens (tertiary/aromatic N) is 2. The van der Waals surface area contributed by atoms with Gasteiger partial charge in [-0.3, -0.25) is 14.2 Å². The molecule has 0 fully saturated rings. The molecule has 0 bridgehead atoms. The molecule has 10 nitrogen and oxygen atoms in total. The number of allylic oxidation sites excluding steroid dienone is 1. The van der Waals surface area contributed by atoms with Gasteiger partial charge in [0.15, 0.2) is 16.3 Å². The summed E-state index contributed by atoms with van der Waals surface area (Å²) in [5.41, 5.74) is 3.36. The summed E-state index contributed by atoms with van der Waals surface area (Å²) in [5, 5.41) is 13.8. The molecule has 1 aromatic heterocycles. The Kier molecular flexibility index (Phi) is 8.96. The Morgan fingerprint density at radius 2 is 1.80 bits per heavy atom. The van der Waals surface area contributed by atoms with Crippen molar-refractivity contribution in [2.24, 2.45) is 4.99 Å². The number of aliphatic carboxylic acids is 1. The van der Waals surface area contributed by atoms with Crippen molar-refractivity contribution < 1.29 is 28.9 Å². The maximum Gasteiger partial charge on any atom is 0.271 e. The molecule has 44 heavy (non-hydrogen) atoms. The predicted molar refractivity (Wildman–Crippen MR) is 165 cm³/mol. The van der Waals surface area contributed by atoms with Crippen LogP contribution in [0.1, 0.15) is 36.6 Å². The van der Waals surface area contributed by atoms with Crippen LogP contribution >= 0.6 is 11.3 Å². The number of ether oxygens (including phenoxy) is 3. The minimum absolute atomic E-state index is 0.243. The summed E-state index contributed by atoms with van der Waals surface area (Å²) in [7, 11) is 1.58. The zero-order chi connectivity index (χ0) is 31.4. The van der Waals surface area contributed by atoms with E-state index in [-0.39, 0.29) is 17.2 Å². The Morgan fingerprint density at radius 1 is 1.02 bits per heavy atom. The molecule has 11 heteroatoms. The second kappa shape index (κ2) is 13.0. The van der Waals surface area contributed by atoms with Gasteiger partial charge >= 0.3 is 0 Å². The number of aryl methyl sites for hydroxylation is 1. The van der Waals surface area contributed by atoms with Crippen molar-refractivity contribution in [3.05, 3.63) is 114 Å². The summed E-state index contributed by atoms with van der Waals surface area (Å²) in [6.45, 7) is 5.17. The number of methoxy groups -OCH3 is 1. The van der Waals surface area contributed by atoms with Gasteiger partial charge in [0, 0.05) is 5.69 Å². The highest BCUT2D eigenvalue weighted by Crippen LogP contribution is 2.34. The smallest absolute Gasteiger partial charge is 0.271 e. The van der Waals surface area contributed by atoms with Crippen LogP contribution in [0.25, 0.3) is 6.08 Å². The van der Waals surface area contributed by atoms with Crippen molar-refractivity contribution in [1.29, 1.82) is 0 Å². The zero-order valence-corrected chi connectivity index (χ0v) is 25.4. The average Bonchev–Trinajstić information content (AvgIpc) is 3.30. The van der Waals surface area contributed by atoms with E-state index < -0.39 is 18.6 Å². The van der Waals surface area contributed by atoms with Crippen LogP contribution in [0.5, 0.6) is 17.2 Å². The molecule has 0 saturated heterocycles. The van der Waals surface area contributed by atoms with Crippen molar-refractivity contribution in [2.45, 2.75) is 26.8 Å². The van der Waals surface area contributed by atoms with Gasteiger partial charge in [0.2, 0.25) is 0 Å². The third kappa shape index (κ3) is 6.28. The molecule has 1 amide bonds. The molecule has 5 rings (SSSR count). The number of aromatic nitrogens is 1. The molecule has 226 valence electrons. The van der Waals surface area contributed by atoms with Crippen LogP contribution in [-0.2, 0) is 9.59 Å². The maximum absolute atomic E-state index is 14.1. The molecular weight excluding hydrogens is 582 g/mol. The predicted octanol–water partition coefficient (Wildman–Crippen LogP) is 2.72. The number of carbonyl (C=O) groups is 2. The molecule has 0 radical (unpaired) electrons. The molecule has 0 saturated carbocycles. The molecule has 0 aliphatic carbocycles. The third-order valence-electron chi connectivity index (χ3n) is 6.96. The molecule has 3 aromatic carbocycles. The fraction of sp³-hybridized carbons (Fsp3) is 0.212. The second-order valence-corrected chi connectivity index (χ2v) is 10.9. The standard InChI is InChI=1S/C33H31N3O7S/c1-5-42-26-15-21(12-14-24(26)43-18-28(37)38)16-27-32(40)36-30(22-13-11-19(2)25(17-22)41-4)29(20(3)34-33(36)44-27)31(39)35-23-9-7-6-8-10-23/h6-17,30H,5,18H2,1-4H3,(H,35,39)(H,37,38)/p-1/b27-16-. The normalized spacial score (nSPS) is 14.5. The van der Waals surface area contributed by atoms with Crippen molar-refractivity contribution in [3.63, 3.8) is 0 Å². The lowest BCUT2D eigenvalue weighted by atomic mass is 9.94. The molecule has 1 aliphatic heterocycles. The van der Waals surface area contributed by atoms with E-state index in [2.05, 4.69) is 5.32 Å². The first-order valence-electron chi connectivity index (χ1n) is 13.8. The first-order chi connectivity index (χ1) is 21.2. The number of nitrogens with one attached hydrogen (secondary N) is 1. The van der Waals surface area contributed by atoms with E-state index in [1.165, 1.54) is 15.9 Å². The maximum atomic E-state index is 14.1. The molecule has 1 atom stereocenters. The molecule has 1 N–H and O–H groups in total. The van der Waals surface area contributed by atoms with E-state index >= 15 is 0 Å². The Hall–Kier alpha value is -5.16. The highest BCUT2D eigenvalue weighted by atomic mass is 32.1. The number of carboxylic acids is 1. The average molecular weight is 613 g/mol. The van der Waals surface area contributed by atoms with Crippen LogP contribution in [0, 0.1) is 6.92 Å². The molecule has 4 aromatic rings. The number of hydrogen-bond acceptors (Lipinski definition) is 9. The van der Waals surface area contributed by atoms with Gasteiger partial charge in [-0.05, 0) is 73.9 Å². The number of fused-ring (bicyclic) bond motifs is 1. The Labute approximate surface area is 257 Å². The lowest BCUT2D eigenvalue weighted by molar-refractivity contribution is -0.307. The number of carboxylic acid groups (broad SMARTS) is 1. The van der Waals surface area contributed by atoms with E-state index in [9.17, 15) is 19.5 Å². The quantitative estimate of drug-likeness (QED) is 0.291. The summed E-state index contributed by atoms with van der Waals surface area (Å²) in [4.78, 5) is 43.9. The van der Waals surface area contributed by atoms with Crippen LogP contribution in [0.2, 0.25) is 0 Å². The fourth-order valence-corrected chi connectivity index (χ4v) is 5.99. The number of para-hydroxylation sites is 1.